The summed E-state index contributed by atoms with van der Waals surface area (Å²) < 4.78 is 4.26. The van der Waals surface area contributed by atoms with Crippen molar-refractivity contribution in [2.75, 3.05) is 19.6 Å². The van der Waals surface area contributed by atoms with E-state index in [4.69, 9.17) is 0 Å². The van der Waals surface area contributed by atoms with Crippen molar-refractivity contribution in [2.45, 2.75) is 45.6 Å². The van der Waals surface area contributed by atoms with E-state index < -0.39 is 0 Å². The van der Waals surface area contributed by atoms with E-state index in [0.29, 0.717) is 12.5 Å². The Bertz CT molecular complexity index is 732. The Balaban J connectivity index is 1.69. The fourth-order valence-corrected chi connectivity index (χ4v) is 3.29. The van der Waals surface area contributed by atoms with Crippen molar-refractivity contribution in [2.24, 2.45) is 7.05 Å². The number of aromatic nitrogens is 5. The van der Waals surface area contributed by atoms with Gasteiger partial charge in [-0.1, -0.05) is 12.8 Å². The van der Waals surface area contributed by atoms with Crippen molar-refractivity contribution in [3.8, 4) is 11.8 Å². The third kappa shape index (κ3) is 3.68. The van der Waals surface area contributed by atoms with Crippen LogP contribution in [0.3, 0.4) is 0 Å². The molecule has 2 aromatic heterocycles. The van der Waals surface area contributed by atoms with E-state index in [2.05, 4.69) is 55.0 Å². The SMILES string of the molecule is CCC#CCN1CCCC(c2nnc(Cn3ccnc3C)n2C)C1. The molecular formula is C18H26N6. The van der Waals surface area contributed by atoms with Gasteiger partial charge in [0.05, 0.1) is 13.1 Å². The maximum atomic E-state index is 4.50. The molecule has 24 heavy (non-hydrogen) atoms. The second-order valence-electron chi connectivity index (χ2n) is 6.42. The standard InChI is InChI=1S/C18H26N6/c1-4-5-6-10-23-11-7-8-16(13-23)18-21-20-17(22(18)3)14-24-12-9-19-15(24)2/h9,12,16H,4,7-8,10-11,13-14H2,1-3H3. The average Bonchev–Trinajstić information content (AvgIpc) is 3.15. The van der Waals surface area contributed by atoms with E-state index in [-0.39, 0.29) is 0 Å². The molecule has 2 aromatic rings. The Morgan fingerprint density at radius 3 is 2.92 bits per heavy atom. The molecule has 0 saturated carbocycles. The minimum absolute atomic E-state index is 0.442. The predicted molar refractivity (Wildman–Crippen MR) is 93.6 cm³/mol. The first-order chi connectivity index (χ1) is 11.7. The first-order valence-electron chi connectivity index (χ1n) is 8.73. The molecule has 0 spiro atoms. The highest BCUT2D eigenvalue weighted by Gasteiger charge is 2.25. The number of imidazole rings is 1. The van der Waals surface area contributed by atoms with Crippen LogP contribution in [0.2, 0.25) is 0 Å². The highest BCUT2D eigenvalue weighted by Crippen LogP contribution is 2.25. The Kier molecular flexibility index (Phi) is 5.31. The second-order valence-corrected chi connectivity index (χ2v) is 6.42. The van der Waals surface area contributed by atoms with Gasteiger partial charge in [-0.15, -0.1) is 16.1 Å². The zero-order chi connectivity index (χ0) is 16.9. The van der Waals surface area contributed by atoms with Crippen molar-refractivity contribution in [1.29, 1.82) is 0 Å². The molecule has 3 heterocycles. The first kappa shape index (κ1) is 16.7. The van der Waals surface area contributed by atoms with Crippen molar-refractivity contribution in [1.82, 2.24) is 29.2 Å². The van der Waals surface area contributed by atoms with Gasteiger partial charge < -0.3 is 9.13 Å². The molecular weight excluding hydrogens is 300 g/mol. The third-order valence-electron chi connectivity index (χ3n) is 4.71. The van der Waals surface area contributed by atoms with Crippen molar-refractivity contribution < 1.29 is 0 Å². The van der Waals surface area contributed by atoms with Crippen LogP contribution in [0.5, 0.6) is 0 Å². The minimum atomic E-state index is 0.442. The summed E-state index contributed by atoms with van der Waals surface area (Å²) in [5.41, 5.74) is 0. The van der Waals surface area contributed by atoms with Crippen LogP contribution < -0.4 is 0 Å². The lowest BCUT2D eigenvalue weighted by Crippen LogP contribution is -2.35. The zero-order valence-electron chi connectivity index (χ0n) is 14.9. The Hall–Kier alpha value is -2.13. The number of hydrogen-bond donors (Lipinski definition) is 0. The Labute approximate surface area is 143 Å². The van der Waals surface area contributed by atoms with Gasteiger partial charge in [-0.25, -0.2) is 4.98 Å². The molecule has 128 valence electrons. The molecule has 1 fully saturated rings. The highest BCUT2D eigenvalue weighted by atomic mass is 15.3. The lowest BCUT2D eigenvalue weighted by Gasteiger charge is -2.30. The Morgan fingerprint density at radius 2 is 2.17 bits per heavy atom. The van der Waals surface area contributed by atoms with E-state index in [1.807, 2.05) is 19.3 Å². The number of hydrogen-bond acceptors (Lipinski definition) is 4. The van der Waals surface area contributed by atoms with Gasteiger partial charge in [-0.05, 0) is 26.3 Å². The number of piperidine rings is 1. The first-order valence-corrected chi connectivity index (χ1v) is 8.73. The van der Waals surface area contributed by atoms with Crippen molar-refractivity contribution in [3.05, 3.63) is 29.9 Å². The van der Waals surface area contributed by atoms with E-state index in [9.17, 15) is 0 Å². The Morgan fingerprint density at radius 1 is 1.29 bits per heavy atom. The molecule has 1 atom stereocenters. The minimum Gasteiger partial charge on any atom is -0.328 e. The molecule has 0 radical (unpaired) electrons. The van der Waals surface area contributed by atoms with Crippen LogP contribution in [0.1, 0.15) is 49.6 Å². The van der Waals surface area contributed by atoms with Crippen LogP contribution in [-0.2, 0) is 13.6 Å². The van der Waals surface area contributed by atoms with Gasteiger partial charge in [0.1, 0.15) is 11.6 Å². The molecule has 1 aliphatic heterocycles. The molecule has 0 N–H and O–H groups in total. The van der Waals surface area contributed by atoms with Crippen LogP contribution >= 0.6 is 0 Å². The van der Waals surface area contributed by atoms with E-state index in [0.717, 1.165) is 43.5 Å². The normalized spacial score (nSPS) is 18.4. The number of rotatable bonds is 4. The molecule has 0 bridgehead atoms. The lowest BCUT2D eigenvalue weighted by atomic mass is 9.97. The maximum absolute atomic E-state index is 4.50. The predicted octanol–water partition coefficient (Wildman–Crippen LogP) is 1.96. The van der Waals surface area contributed by atoms with Gasteiger partial charge >= 0.3 is 0 Å². The third-order valence-corrected chi connectivity index (χ3v) is 4.71. The van der Waals surface area contributed by atoms with Crippen LogP contribution in [-0.4, -0.2) is 48.8 Å². The molecule has 0 aliphatic carbocycles. The summed E-state index contributed by atoms with van der Waals surface area (Å²) in [5.74, 6) is 9.93. The summed E-state index contributed by atoms with van der Waals surface area (Å²) in [5, 5.41) is 8.92. The summed E-state index contributed by atoms with van der Waals surface area (Å²) in [6, 6.07) is 0. The smallest absolute Gasteiger partial charge is 0.152 e. The summed E-state index contributed by atoms with van der Waals surface area (Å²) >= 11 is 0. The number of aryl methyl sites for hydroxylation is 1. The highest BCUT2D eigenvalue weighted by molar-refractivity contribution is 5.07. The summed E-state index contributed by atoms with van der Waals surface area (Å²) in [6.07, 6.45) is 7.11. The van der Waals surface area contributed by atoms with Crippen LogP contribution in [0.15, 0.2) is 12.4 Å². The number of likely N-dealkylation sites (tertiary alicyclic amines) is 1. The molecule has 6 heteroatoms. The van der Waals surface area contributed by atoms with Crippen molar-refractivity contribution >= 4 is 0 Å². The molecule has 1 unspecified atom stereocenters. The van der Waals surface area contributed by atoms with E-state index >= 15 is 0 Å². The van der Waals surface area contributed by atoms with Crippen LogP contribution in [0, 0.1) is 18.8 Å². The fourth-order valence-electron chi connectivity index (χ4n) is 3.29. The topological polar surface area (TPSA) is 51.8 Å². The molecule has 6 nitrogen and oxygen atoms in total. The molecule has 0 aromatic carbocycles. The van der Waals surface area contributed by atoms with Gasteiger partial charge in [0.2, 0.25) is 0 Å². The molecule has 1 saturated heterocycles. The summed E-state index contributed by atoms with van der Waals surface area (Å²) in [4.78, 5) is 6.71. The van der Waals surface area contributed by atoms with Crippen LogP contribution in [0.4, 0.5) is 0 Å². The molecule has 3 rings (SSSR count). The fraction of sp³-hybridized carbons (Fsp3) is 0.611. The molecule has 1 aliphatic rings. The second kappa shape index (κ2) is 7.63. The van der Waals surface area contributed by atoms with E-state index in [1.54, 1.807) is 0 Å². The quantitative estimate of drug-likeness (QED) is 0.806. The van der Waals surface area contributed by atoms with Gasteiger partial charge in [0, 0.05) is 38.3 Å². The van der Waals surface area contributed by atoms with E-state index in [1.165, 1.54) is 12.8 Å². The van der Waals surface area contributed by atoms with Crippen molar-refractivity contribution in [3.63, 3.8) is 0 Å². The summed E-state index contributed by atoms with van der Waals surface area (Å²) in [6.45, 7) is 7.84. The number of nitrogens with zero attached hydrogens (tertiary/aromatic N) is 6. The largest absolute Gasteiger partial charge is 0.328 e. The van der Waals surface area contributed by atoms with Gasteiger partial charge in [-0.2, -0.15) is 0 Å². The monoisotopic (exact) mass is 326 g/mol. The average molecular weight is 326 g/mol. The lowest BCUT2D eigenvalue weighted by molar-refractivity contribution is 0.224. The summed E-state index contributed by atoms with van der Waals surface area (Å²) in [7, 11) is 2.08. The van der Waals surface area contributed by atoms with Gasteiger partial charge in [0.25, 0.3) is 0 Å². The molecule has 0 amide bonds. The van der Waals surface area contributed by atoms with Crippen LogP contribution in [0.25, 0.3) is 0 Å². The zero-order valence-corrected chi connectivity index (χ0v) is 14.9. The van der Waals surface area contributed by atoms with Gasteiger partial charge in [0.15, 0.2) is 5.82 Å². The van der Waals surface area contributed by atoms with Gasteiger partial charge in [-0.3, -0.25) is 4.90 Å². The maximum Gasteiger partial charge on any atom is 0.152 e.